The average Bonchev–Trinajstić information content (AvgIpc) is 2.38. The van der Waals surface area contributed by atoms with Crippen LogP contribution in [0, 0.1) is 0 Å². The van der Waals surface area contributed by atoms with Gasteiger partial charge in [0.05, 0.1) is 0 Å². The minimum absolute atomic E-state index is 0.407. The van der Waals surface area contributed by atoms with Gasteiger partial charge in [-0.15, -0.1) is 0 Å². The third-order valence-electron chi connectivity index (χ3n) is 2.15. The van der Waals surface area contributed by atoms with Crippen LogP contribution in [0.1, 0.15) is 15.9 Å². The van der Waals surface area contributed by atoms with Gasteiger partial charge in [0.2, 0.25) is 5.91 Å². The van der Waals surface area contributed by atoms with Gasteiger partial charge in [-0.3, -0.25) is 4.79 Å². The maximum absolute atomic E-state index is 10.9. The van der Waals surface area contributed by atoms with E-state index >= 15 is 0 Å². The molecular weight excluding hydrogens is 234 g/mol. The average molecular weight is 245 g/mol. The van der Waals surface area contributed by atoms with E-state index in [9.17, 15) is 4.79 Å². The molecule has 4 nitrogen and oxygen atoms in total. The van der Waals surface area contributed by atoms with Crippen molar-refractivity contribution < 1.29 is 4.79 Å². The Bertz CT molecular complexity index is 499. The maximum Gasteiger partial charge on any atom is 0.248 e. The van der Waals surface area contributed by atoms with Crippen molar-refractivity contribution in [1.82, 2.24) is 9.97 Å². The molecule has 0 bridgehead atoms. The number of rotatable bonds is 4. The van der Waals surface area contributed by atoms with Gasteiger partial charge < -0.3 is 5.73 Å². The lowest BCUT2D eigenvalue weighted by Crippen LogP contribution is -2.10. The Morgan fingerprint density at radius 2 is 1.82 bits per heavy atom. The number of hydrogen-bond acceptors (Lipinski definition) is 4. The van der Waals surface area contributed by atoms with Crippen molar-refractivity contribution in [3.05, 3.63) is 53.9 Å². The number of carbonyl (C=O) groups excluding carboxylic acids is 1. The van der Waals surface area contributed by atoms with E-state index in [2.05, 4.69) is 9.97 Å². The van der Waals surface area contributed by atoms with E-state index in [1.807, 2.05) is 12.1 Å². The molecule has 0 spiro atoms. The Morgan fingerprint density at radius 3 is 2.41 bits per heavy atom. The molecule has 0 saturated carbocycles. The zero-order chi connectivity index (χ0) is 12.1. The number of thioether (sulfide) groups is 1. The van der Waals surface area contributed by atoms with Crippen molar-refractivity contribution in [3.8, 4) is 0 Å². The molecule has 0 radical (unpaired) electrons. The summed E-state index contributed by atoms with van der Waals surface area (Å²) in [6.07, 6.45) is 3.43. The fourth-order valence-electron chi connectivity index (χ4n) is 1.27. The fraction of sp³-hybridized carbons (Fsp3) is 0.0833. The highest BCUT2D eigenvalue weighted by atomic mass is 32.2. The molecule has 86 valence electrons. The monoisotopic (exact) mass is 245 g/mol. The van der Waals surface area contributed by atoms with E-state index in [0.29, 0.717) is 5.56 Å². The number of aromatic nitrogens is 2. The highest BCUT2D eigenvalue weighted by Crippen LogP contribution is 2.18. The van der Waals surface area contributed by atoms with Gasteiger partial charge in [0.15, 0.2) is 5.16 Å². The Labute approximate surface area is 103 Å². The van der Waals surface area contributed by atoms with E-state index in [0.717, 1.165) is 16.5 Å². The molecular formula is C12H11N3OS. The summed E-state index contributed by atoms with van der Waals surface area (Å²) in [6, 6.07) is 9.01. The SMILES string of the molecule is NC(=O)c1ccc(CSc2ncccn2)cc1. The molecule has 0 aliphatic heterocycles. The quantitative estimate of drug-likeness (QED) is 0.659. The summed E-state index contributed by atoms with van der Waals surface area (Å²) in [5, 5.41) is 0.742. The van der Waals surface area contributed by atoms with Gasteiger partial charge in [-0.2, -0.15) is 0 Å². The largest absolute Gasteiger partial charge is 0.366 e. The smallest absolute Gasteiger partial charge is 0.248 e. The van der Waals surface area contributed by atoms with Crippen LogP contribution >= 0.6 is 11.8 Å². The predicted molar refractivity (Wildman–Crippen MR) is 66.6 cm³/mol. The number of benzene rings is 1. The number of carbonyl (C=O) groups is 1. The first-order chi connectivity index (χ1) is 8.25. The molecule has 2 aromatic rings. The van der Waals surface area contributed by atoms with Crippen LogP contribution in [-0.2, 0) is 5.75 Å². The number of nitrogens with zero attached hydrogens (tertiary/aromatic N) is 2. The van der Waals surface area contributed by atoms with E-state index in [4.69, 9.17) is 5.73 Å². The Balaban J connectivity index is 1.98. The van der Waals surface area contributed by atoms with Crippen LogP contribution < -0.4 is 5.73 Å². The molecule has 1 aromatic carbocycles. The van der Waals surface area contributed by atoms with Gasteiger partial charge in [0.25, 0.3) is 0 Å². The summed E-state index contributed by atoms with van der Waals surface area (Å²) in [5.41, 5.74) is 6.79. The molecule has 0 aliphatic rings. The molecule has 5 heteroatoms. The predicted octanol–water partition coefficient (Wildman–Crippen LogP) is 1.87. The van der Waals surface area contributed by atoms with Crippen molar-refractivity contribution >= 4 is 17.7 Å². The van der Waals surface area contributed by atoms with Crippen LogP contribution in [0.2, 0.25) is 0 Å². The second-order valence-corrected chi connectivity index (χ2v) is 4.32. The van der Waals surface area contributed by atoms with Crippen LogP contribution in [0.4, 0.5) is 0 Å². The molecule has 2 N–H and O–H groups in total. The van der Waals surface area contributed by atoms with Gasteiger partial charge >= 0.3 is 0 Å². The molecule has 1 aromatic heterocycles. The lowest BCUT2D eigenvalue weighted by atomic mass is 10.1. The van der Waals surface area contributed by atoms with Crippen LogP contribution in [0.3, 0.4) is 0 Å². The molecule has 0 atom stereocenters. The summed E-state index contributed by atoms with van der Waals surface area (Å²) in [6.45, 7) is 0. The summed E-state index contributed by atoms with van der Waals surface area (Å²) in [7, 11) is 0. The number of amides is 1. The Hall–Kier alpha value is -1.88. The molecule has 17 heavy (non-hydrogen) atoms. The van der Waals surface area contributed by atoms with E-state index < -0.39 is 5.91 Å². The van der Waals surface area contributed by atoms with Gasteiger partial charge in [0.1, 0.15) is 0 Å². The molecule has 1 heterocycles. The third-order valence-corrected chi connectivity index (χ3v) is 3.10. The minimum Gasteiger partial charge on any atom is -0.366 e. The van der Waals surface area contributed by atoms with Gasteiger partial charge in [-0.05, 0) is 23.8 Å². The highest BCUT2D eigenvalue weighted by molar-refractivity contribution is 7.98. The molecule has 0 saturated heterocycles. The van der Waals surface area contributed by atoms with Gasteiger partial charge in [0, 0.05) is 23.7 Å². The van der Waals surface area contributed by atoms with Crippen molar-refractivity contribution in [2.75, 3.05) is 0 Å². The highest BCUT2D eigenvalue weighted by Gasteiger charge is 2.01. The topological polar surface area (TPSA) is 68.9 Å². The van der Waals surface area contributed by atoms with Gasteiger partial charge in [-0.25, -0.2) is 9.97 Å². The lowest BCUT2D eigenvalue weighted by Gasteiger charge is -2.01. The zero-order valence-electron chi connectivity index (χ0n) is 9.04. The van der Waals surface area contributed by atoms with E-state index in [1.54, 1.807) is 42.4 Å². The maximum atomic E-state index is 10.9. The molecule has 0 aliphatic carbocycles. The number of primary amides is 1. The number of nitrogens with two attached hydrogens (primary N) is 1. The summed E-state index contributed by atoms with van der Waals surface area (Å²) in [4.78, 5) is 19.1. The van der Waals surface area contributed by atoms with Crippen LogP contribution in [-0.4, -0.2) is 15.9 Å². The molecule has 0 unspecified atom stereocenters. The van der Waals surface area contributed by atoms with Crippen LogP contribution in [0.15, 0.2) is 47.9 Å². The van der Waals surface area contributed by atoms with Crippen molar-refractivity contribution in [2.24, 2.45) is 5.73 Å². The van der Waals surface area contributed by atoms with Gasteiger partial charge in [-0.1, -0.05) is 23.9 Å². The first kappa shape index (κ1) is 11.6. The molecule has 0 fully saturated rings. The lowest BCUT2D eigenvalue weighted by molar-refractivity contribution is 0.100. The van der Waals surface area contributed by atoms with Crippen LogP contribution in [0.5, 0.6) is 0 Å². The second kappa shape index (κ2) is 5.45. The van der Waals surface area contributed by atoms with E-state index in [-0.39, 0.29) is 0 Å². The van der Waals surface area contributed by atoms with Crippen molar-refractivity contribution in [3.63, 3.8) is 0 Å². The van der Waals surface area contributed by atoms with Crippen molar-refractivity contribution in [2.45, 2.75) is 10.9 Å². The summed E-state index contributed by atoms with van der Waals surface area (Å²) >= 11 is 1.55. The summed E-state index contributed by atoms with van der Waals surface area (Å²) < 4.78 is 0. The van der Waals surface area contributed by atoms with Crippen molar-refractivity contribution in [1.29, 1.82) is 0 Å². The molecule has 2 rings (SSSR count). The zero-order valence-corrected chi connectivity index (χ0v) is 9.85. The number of hydrogen-bond donors (Lipinski definition) is 1. The Kier molecular flexibility index (Phi) is 3.72. The first-order valence-electron chi connectivity index (χ1n) is 5.04. The fourth-order valence-corrected chi connectivity index (χ4v) is 2.03. The molecule has 1 amide bonds. The second-order valence-electron chi connectivity index (χ2n) is 3.38. The Morgan fingerprint density at radius 1 is 1.18 bits per heavy atom. The third kappa shape index (κ3) is 3.29. The minimum atomic E-state index is -0.407. The summed E-state index contributed by atoms with van der Waals surface area (Å²) in [5.74, 6) is 0.360. The first-order valence-corrected chi connectivity index (χ1v) is 6.03. The standard InChI is InChI=1S/C12H11N3OS/c13-11(16)10-4-2-9(3-5-10)8-17-12-14-6-1-7-15-12/h1-7H,8H2,(H2,13,16). The van der Waals surface area contributed by atoms with Crippen LogP contribution in [0.25, 0.3) is 0 Å². The normalized spacial score (nSPS) is 10.1. The van der Waals surface area contributed by atoms with E-state index in [1.165, 1.54) is 0 Å².